The molecule has 0 aromatic rings. The van der Waals surface area contributed by atoms with Crippen LogP contribution in [-0.2, 0) is 42.7 Å². The highest BCUT2D eigenvalue weighted by Crippen LogP contribution is 2.76. The molecule has 9 rings (SSSR count). The van der Waals surface area contributed by atoms with Crippen LogP contribution in [0.25, 0.3) is 0 Å². The normalized spacial score (nSPS) is 54.8. The van der Waals surface area contributed by atoms with Crippen molar-refractivity contribution in [2.75, 3.05) is 26.4 Å². The van der Waals surface area contributed by atoms with Crippen molar-refractivity contribution in [2.45, 2.75) is 235 Å². The van der Waals surface area contributed by atoms with Gasteiger partial charge in [-0.05, 0) is 111 Å². The number of esters is 1. The Balaban J connectivity index is 0.898. The molecule has 13 N–H and O–H groups in total. The molecule has 0 bridgehead atoms. The molecule has 0 radical (unpaired) electrons. The predicted molar refractivity (Wildman–Crippen MR) is 257 cm³/mol. The second kappa shape index (κ2) is 21.1. The molecule has 0 spiro atoms. The highest BCUT2D eigenvalue weighted by atomic mass is 16.8. The molecule has 22 heteroatoms. The van der Waals surface area contributed by atoms with Crippen molar-refractivity contribution in [3.8, 4) is 0 Å². The average Bonchev–Trinajstić information content (AvgIpc) is 3.37. The molecule has 4 aliphatic heterocycles. The predicted octanol–water partition coefficient (Wildman–Crippen LogP) is -1.40. The third kappa shape index (κ3) is 9.50. The Morgan fingerprint density at radius 2 is 1.28 bits per heavy atom. The lowest BCUT2D eigenvalue weighted by Gasteiger charge is -2.71. The number of aliphatic hydroxyl groups excluding tert-OH is 13. The fourth-order valence-electron chi connectivity index (χ4n) is 16.1. The van der Waals surface area contributed by atoms with E-state index in [0.29, 0.717) is 38.5 Å². The van der Waals surface area contributed by atoms with E-state index in [9.17, 15) is 66.4 Å². The number of fused-ring (bicyclic) bond motifs is 7. The van der Waals surface area contributed by atoms with E-state index in [1.807, 2.05) is 6.92 Å². The van der Waals surface area contributed by atoms with Gasteiger partial charge in [0.2, 0.25) is 6.29 Å². The topological polar surface area (TPSA) is 354 Å². The SMILES string of the molecule is C[C@@H]1O[C@@H](O[C@H]2[C@H](O)[C@@H](O)[C@H](OC[C@H]3O[C@@H](OC(=O)[C@]45CCC(C)(C)C[C@H]4C4=CC[C@@H]6[C@@]7(C)CC[C@H](O[C@@H]8OC[C@H](O)[C@H](O)[C@H]8O)[C@@](C)(CO)[C@@H]7CC[C@@]6(C)[C@]4(C)CC5)[C@H](O)[C@@H](O)[C@@H]3O)O[C@@H]2CO)[C@H](O)[C@H](O)[C@H]1O. The van der Waals surface area contributed by atoms with Crippen LogP contribution in [0.1, 0.15) is 113 Å². The van der Waals surface area contributed by atoms with Gasteiger partial charge in [0.05, 0.1) is 44.1 Å². The van der Waals surface area contributed by atoms with Crippen LogP contribution in [0.3, 0.4) is 0 Å². The highest BCUT2D eigenvalue weighted by molar-refractivity contribution is 5.79. The first kappa shape index (κ1) is 58.1. The van der Waals surface area contributed by atoms with Gasteiger partial charge in [0.25, 0.3) is 0 Å². The number of carbonyl (C=O) groups is 1. The van der Waals surface area contributed by atoms with Gasteiger partial charge in [0, 0.05) is 5.41 Å². The Labute approximate surface area is 437 Å². The molecule has 8 fully saturated rings. The summed E-state index contributed by atoms with van der Waals surface area (Å²) >= 11 is 0. The Bertz CT molecular complexity index is 2060. The molecule has 430 valence electrons. The monoisotopic (exact) mass is 1070 g/mol. The Morgan fingerprint density at radius 3 is 1.97 bits per heavy atom. The van der Waals surface area contributed by atoms with Crippen LogP contribution in [0.5, 0.6) is 0 Å². The number of carbonyl (C=O) groups excluding carboxylic acids is 1. The minimum atomic E-state index is -1.87. The summed E-state index contributed by atoms with van der Waals surface area (Å²) in [4.78, 5) is 15.1. The zero-order valence-electron chi connectivity index (χ0n) is 44.2. The third-order valence-electron chi connectivity index (χ3n) is 21.1. The zero-order chi connectivity index (χ0) is 54.7. The van der Waals surface area contributed by atoms with Crippen LogP contribution >= 0.6 is 0 Å². The molecule has 75 heavy (non-hydrogen) atoms. The van der Waals surface area contributed by atoms with E-state index in [-0.39, 0.29) is 52.6 Å². The average molecular weight is 1080 g/mol. The van der Waals surface area contributed by atoms with E-state index in [2.05, 4.69) is 40.7 Å². The molecule has 0 aromatic heterocycles. The fraction of sp³-hybridized carbons (Fsp3) is 0.943. The number of hydrogen-bond donors (Lipinski definition) is 13. The molecule has 0 unspecified atom stereocenters. The van der Waals surface area contributed by atoms with Gasteiger partial charge in [-0.15, -0.1) is 0 Å². The van der Waals surface area contributed by atoms with Crippen LogP contribution < -0.4 is 0 Å². The number of ether oxygens (including phenoxy) is 8. The lowest BCUT2D eigenvalue weighted by molar-refractivity contribution is -0.361. The number of rotatable bonds is 11. The lowest BCUT2D eigenvalue weighted by Crippen LogP contribution is -2.67. The van der Waals surface area contributed by atoms with Crippen LogP contribution in [0.4, 0.5) is 0 Å². The van der Waals surface area contributed by atoms with Crippen LogP contribution in [0.2, 0.25) is 0 Å². The zero-order valence-corrected chi connectivity index (χ0v) is 44.2. The first-order valence-corrected chi connectivity index (χ1v) is 27.3. The molecular weight excluding hydrogens is 989 g/mol. The number of hydrogen-bond acceptors (Lipinski definition) is 22. The summed E-state index contributed by atoms with van der Waals surface area (Å²) < 4.78 is 47.0. The Morgan fingerprint density at radius 1 is 0.640 bits per heavy atom. The van der Waals surface area contributed by atoms with Gasteiger partial charge in [0.15, 0.2) is 18.9 Å². The van der Waals surface area contributed by atoms with Crippen molar-refractivity contribution in [3.05, 3.63) is 11.6 Å². The molecule has 9 aliphatic rings. The van der Waals surface area contributed by atoms with Gasteiger partial charge >= 0.3 is 5.97 Å². The summed E-state index contributed by atoms with van der Waals surface area (Å²) in [6, 6.07) is 0. The summed E-state index contributed by atoms with van der Waals surface area (Å²) in [6.07, 6.45) is -21.1. The second-order valence-electron chi connectivity index (χ2n) is 25.7. The first-order valence-electron chi connectivity index (χ1n) is 27.3. The van der Waals surface area contributed by atoms with Crippen molar-refractivity contribution >= 4 is 5.97 Å². The summed E-state index contributed by atoms with van der Waals surface area (Å²) in [7, 11) is 0. The first-order chi connectivity index (χ1) is 35.1. The number of aliphatic hydroxyl groups is 13. The largest absolute Gasteiger partial charge is 0.432 e. The minimum Gasteiger partial charge on any atom is -0.432 e. The summed E-state index contributed by atoms with van der Waals surface area (Å²) in [6.45, 7) is 13.2. The van der Waals surface area contributed by atoms with Gasteiger partial charge in [0.1, 0.15) is 85.5 Å². The van der Waals surface area contributed by atoms with Crippen molar-refractivity contribution in [3.63, 3.8) is 0 Å². The quantitative estimate of drug-likeness (QED) is 0.0643. The van der Waals surface area contributed by atoms with E-state index in [1.54, 1.807) is 0 Å². The van der Waals surface area contributed by atoms with Crippen molar-refractivity contribution in [1.29, 1.82) is 0 Å². The third-order valence-corrected chi connectivity index (χ3v) is 21.1. The molecule has 28 atom stereocenters. The maximum Gasteiger partial charge on any atom is 0.315 e. The molecule has 0 aromatic carbocycles. The van der Waals surface area contributed by atoms with Gasteiger partial charge in [-0.25, -0.2) is 0 Å². The molecule has 22 nitrogen and oxygen atoms in total. The molecule has 4 saturated heterocycles. The van der Waals surface area contributed by atoms with E-state index in [4.69, 9.17) is 37.9 Å². The van der Waals surface area contributed by atoms with E-state index in [1.165, 1.54) is 12.5 Å². The van der Waals surface area contributed by atoms with Gasteiger partial charge < -0.3 is 104 Å². The fourth-order valence-corrected chi connectivity index (χ4v) is 16.1. The molecule has 4 saturated carbocycles. The second-order valence-corrected chi connectivity index (χ2v) is 25.7. The van der Waals surface area contributed by atoms with E-state index < -0.39 is 153 Å². The molecule has 5 aliphatic carbocycles. The standard InChI is InChI=1S/C53H86O22/c1-23-32(57)35(60)39(64)45(70-23)74-42-27(19-54)71-43(41(66)37(42)62)69-21-28-34(59)36(61)40(65)46(72-28)75-47(67)53-16-14-48(2,3)18-25(53)24-8-9-30-49(4)12-11-31(73-44-38(63)33(58)26(56)20-68-44)50(5,22-55)29(49)10-13-52(30,7)51(24,6)15-17-53/h8,23,25-46,54-66H,9-22H2,1-7H3/t23-,25-,26-,27+,28+,29+,30+,31-,32-,33-,34+,35+,36-,37+,38+,39+,40+,41+,42+,43+,44-,45-,46-,49-,50-,51+,52+,53-/m0/s1. The highest BCUT2D eigenvalue weighted by Gasteiger charge is 2.70. The van der Waals surface area contributed by atoms with E-state index >= 15 is 4.79 Å². The van der Waals surface area contributed by atoms with Crippen LogP contribution in [0.15, 0.2) is 11.6 Å². The van der Waals surface area contributed by atoms with Gasteiger partial charge in [-0.2, -0.15) is 0 Å². The Kier molecular flexibility index (Phi) is 16.3. The van der Waals surface area contributed by atoms with Crippen molar-refractivity contribution < 1.29 is 109 Å². The number of allylic oxidation sites excluding steroid dienone is 2. The minimum absolute atomic E-state index is 0.0319. The smallest absolute Gasteiger partial charge is 0.315 e. The van der Waals surface area contributed by atoms with E-state index in [0.717, 1.165) is 25.7 Å². The summed E-state index contributed by atoms with van der Waals surface area (Å²) in [5.74, 6) is -0.615. The summed E-state index contributed by atoms with van der Waals surface area (Å²) in [5.41, 5.74) is -1.46. The maximum atomic E-state index is 15.1. The Hall–Kier alpha value is -1.59. The van der Waals surface area contributed by atoms with Crippen molar-refractivity contribution in [2.24, 2.45) is 50.2 Å². The molecular formula is C53H86O22. The lowest BCUT2D eigenvalue weighted by atomic mass is 9.33. The summed E-state index contributed by atoms with van der Waals surface area (Å²) in [5, 5.41) is 139. The molecule has 0 amide bonds. The van der Waals surface area contributed by atoms with Crippen molar-refractivity contribution in [1.82, 2.24) is 0 Å². The van der Waals surface area contributed by atoms with Gasteiger partial charge in [-0.1, -0.05) is 53.2 Å². The maximum absolute atomic E-state index is 15.1. The molecule has 4 heterocycles. The van der Waals surface area contributed by atoms with Crippen LogP contribution in [0, 0.1) is 50.2 Å². The van der Waals surface area contributed by atoms with Crippen LogP contribution in [-0.4, -0.2) is 222 Å². The van der Waals surface area contributed by atoms with Gasteiger partial charge in [-0.3, -0.25) is 4.79 Å².